The zero-order valence-corrected chi connectivity index (χ0v) is 11.1. The van der Waals surface area contributed by atoms with Gasteiger partial charge in [-0.15, -0.1) is 0 Å². The van der Waals surface area contributed by atoms with Crippen LogP contribution in [0.15, 0.2) is 24.3 Å². The molecule has 1 N–H and O–H groups in total. The van der Waals surface area contributed by atoms with Crippen LogP contribution >= 0.6 is 12.6 Å². The molecule has 1 aliphatic heterocycles. The third-order valence-electron chi connectivity index (χ3n) is 3.00. The number of rotatable bonds is 2. The second kappa shape index (κ2) is 4.31. The second-order valence-corrected chi connectivity index (χ2v) is 6.04. The average molecular weight is 265 g/mol. The number of fused-ring (bicyclic) bond motifs is 1. The standard InChI is InChI=1S/C13H15NO3S/c1-13(2,18)12(17)14-9-6-4-3-5-8(9)7-10(14)11(15)16/h3-6,10,18H,7H2,1-2H3,(H,15,16)/t10-/m1/s1. The number of aliphatic carboxylic acids is 1. The van der Waals surface area contributed by atoms with Crippen LogP contribution in [0.3, 0.4) is 0 Å². The van der Waals surface area contributed by atoms with E-state index in [1.54, 1.807) is 26.0 Å². The Hall–Kier alpha value is -1.49. The van der Waals surface area contributed by atoms with Gasteiger partial charge in [0.25, 0.3) is 0 Å². The van der Waals surface area contributed by atoms with Crippen LogP contribution in [-0.2, 0) is 16.0 Å². The first kappa shape index (κ1) is 13.0. The summed E-state index contributed by atoms with van der Waals surface area (Å²) >= 11 is 4.24. The Morgan fingerprint density at radius 3 is 2.56 bits per heavy atom. The van der Waals surface area contributed by atoms with Crippen molar-refractivity contribution in [2.24, 2.45) is 0 Å². The maximum atomic E-state index is 12.3. The highest BCUT2D eigenvalue weighted by atomic mass is 32.1. The SMILES string of the molecule is CC(C)(S)C(=O)N1c2ccccc2C[C@@H]1C(=O)O. The lowest BCUT2D eigenvalue weighted by molar-refractivity contribution is -0.140. The molecule has 1 heterocycles. The summed E-state index contributed by atoms with van der Waals surface area (Å²) in [5, 5.41) is 9.25. The number of carbonyl (C=O) groups excluding carboxylic acids is 1. The van der Waals surface area contributed by atoms with Crippen LogP contribution in [-0.4, -0.2) is 27.8 Å². The summed E-state index contributed by atoms with van der Waals surface area (Å²) in [4.78, 5) is 25.0. The van der Waals surface area contributed by atoms with E-state index in [9.17, 15) is 14.7 Å². The smallest absolute Gasteiger partial charge is 0.327 e. The van der Waals surface area contributed by atoms with Crippen LogP contribution in [0.5, 0.6) is 0 Å². The topological polar surface area (TPSA) is 57.6 Å². The van der Waals surface area contributed by atoms with E-state index in [4.69, 9.17) is 0 Å². The molecular weight excluding hydrogens is 250 g/mol. The molecule has 18 heavy (non-hydrogen) atoms. The van der Waals surface area contributed by atoms with E-state index in [0.29, 0.717) is 12.1 Å². The molecule has 0 saturated carbocycles. The fourth-order valence-electron chi connectivity index (χ4n) is 2.13. The first-order chi connectivity index (χ1) is 8.32. The Kier molecular flexibility index (Phi) is 3.11. The number of benzene rings is 1. The average Bonchev–Trinajstić information content (AvgIpc) is 2.65. The maximum absolute atomic E-state index is 12.3. The number of anilines is 1. The minimum Gasteiger partial charge on any atom is -0.480 e. The Morgan fingerprint density at radius 2 is 2.00 bits per heavy atom. The van der Waals surface area contributed by atoms with Crippen LogP contribution < -0.4 is 4.90 Å². The van der Waals surface area contributed by atoms with E-state index in [1.807, 2.05) is 12.1 Å². The third-order valence-corrected chi connectivity index (χ3v) is 3.19. The van der Waals surface area contributed by atoms with Gasteiger partial charge in [-0.1, -0.05) is 18.2 Å². The van der Waals surface area contributed by atoms with Gasteiger partial charge in [-0.2, -0.15) is 12.6 Å². The van der Waals surface area contributed by atoms with Crippen molar-refractivity contribution in [1.29, 1.82) is 0 Å². The number of carboxylic acid groups (broad SMARTS) is 1. The monoisotopic (exact) mass is 265 g/mol. The fourth-order valence-corrected chi connectivity index (χ4v) is 2.24. The van der Waals surface area contributed by atoms with Gasteiger partial charge in [0.15, 0.2) is 0 Å². The first-order valence-corrected chi connectivity index (χ1v) is 6.14. The third kappa shape index (κ3) is 2.10. The number of hydrogen-bond donors (Lipinski definition) is 2. The van der Waals surface area contributed by atoms with Crippen molar-refractivity contribution in [2.75, 3.05) is 4.90 Å². The molecule has 1 aliphatic rings. The van der Waals surface area contributed by atoms with E-state index in [2.05, 4.69) is 12.6 Å². The predicted molar refractivity (Wildman–Crippen MR) is 72.1 cm³/mol. The number of para-hydroxylation sites is 1. The van der Waals surface area contributed by atoms with Crippen LogP contribution in [0.25, 0.3) is 0 Å². The van der Waals surface area contributed by atoms with Gasteiger partial charge >= 0.3 is 5.97 Å². The number of carbonyl (C=O) groups is 2. The van der Waals surface area contributed by atoms with Crippen molar-refractivity contribution >= 4 is 30.2 Å². The minimum atomic E-state index is -0.989. The molecule has 0 fully saturated rings. The lowest BCUT2D eigenvalue weighted by Crippen LogP contribution is -2.49. The van der Waals surface area contributed by atoms with E-state index >= 15 is 0 Å². The molecule has 0 spiro atoms. The van der Waals surface area contributed by atoms with Crippen LogP contribution in [0.1, 0.15) is 19.4 Å². The number of nitrogens with zero attached hydrogens (tertiary/aromatic N) is 1. The zero-order valence-electron chi connectivity index (χ0n) is 10.3. The van der Waals surface area contributed by atoms with Gasteiger partial charge in [0.1, 0.15) is 6.04 Å². The van der Waals surface area contributed by atoms with E-state index in [1.165, 1.54) is 4.90 Å². The quantitative estimate of drug-likeness (QED) is 0.801. The fraction of sp³-hybridized carbons (Fsp3) is 0.385. The van der Waals surface area contributed by atoms with Gasteiger partial charge in [-0.25, -0.2) is 4.79 Å². The molecule has 1 aromatic rings. The highest BCUT2D eigenvalue weighted by Crippen LogP contribution is 2.34. The number of amides is 1. The van der Waals surface area contributed by atoms with Gasteiger partial charge in [0, 0.05) is 12.1 Å². The van der Waals surface area contributed by atoms with Gasteiger partial charge in [0.2, 0.25) is 5.91 Å². The summed E-state index contributed by atoms with van der Waals surface area (Å²) in [6.07, 6.45) is 0.348. The summed E-state index contributed by atoms with van der Waals surface area (Å²) < 4.78 is -0.898. The molecule has 0 aromatic heterocycles. The van der Waals surface area contributed by atoms with Crippen molar-refractivity contribution in [3.8, 4) is 0 Å². The maximum Gasteiger partial charge on any atom is 0.327 e. The van der Waals surface area contributed by atoms with Gasteiger partial charge in [0.05, 0.1) is 4.75 Å². The van der Waals surface area contributed by atoms with Crippen molar-refractivity contribution in [2.45, 2.75) is 31.1 Å². The molecule has 1 amide bonds. The van der Waals surface area contributed by atoms with Crippen LogP contribution in [0.4, 0.5) is 5.69 Å². The highest BCUT2D eigenvalue weighted by Gasteiger charge is 2.42. The van der Waals surface area contributed by atoms with Crippen molar-refractivity contribution in [3.63, 3.8) is 0 Å². The molecule has 1 atom stereocenters. The second-order valence-electron chi connectivity index (χ2n) is 4.92. The first-order valence-electron chi connectivity index (χ1n) is 5.69. The largest absolute Gasteiger partial charge is 0.480 e. The molecule has 4 nitrogen and oxygen atoms in total. The summed E-state index contributed by atoms with van der Waals surface area (Å²) in [5.74, 6) is -1.28. The number of thiol groups is 1. The van der Waals surface area contributed by atoms with Crippen molar-refractivity contribution < 1.29 is 14.7 Å². The molecule has 0 saturated heterocycles. The lowest BCUT2D eigenvalue weighted by atomic mass is 10.1. The predicted octanol–water partition coefficient (Wildman–Crippen LogP) is 1.74. The molecule has 2 rings (SSSR count). The Labute approximate surface area is 111 Å². The summed E-state index contributed by atoms with van der Waals surface area (Å²) in [6, 6.07) is 6.44. The normalized spacial score (nSPS) is 18.6. The Bertz CT molecular complexity index is 507. The molecule has 5 heteroatoms. The highest BCUT2D eigenvalue weighted by molar-refractivity contribution is 7.82. The minimum absolute atomic E-state index is 0.289. The van der Waals surface area contributed by atoms with E-state index < -0.39 is 16.8 Å². The van der Waals surface area contributed by atoms with Crippen LogP contribution in [0.2, 0.25) is 0 Å². The van der Waals surface area contributed by atoms with Crippen molar-refractivity contribution in [3.05, 3.63) is 29.8 Å². The molecule has 96 valence electrons. The number of carboxylic acids is 1. The molecule has 0 bridgehead atoms. The molecule has 0 radical (unpaired) electrons. The Morgan fingerprint density at radius 1 is 1.39 bits per heavy atom. The zero-order chi connectivity index (χ0) is 13.5. The van der Waals surface area contributed by atoms with Crippen LogP contribution in [0, 0.1) is 0 Å². The van der Waals surface area contributed by atoms with Gasteiger partial charge < -0.3 is 5.11 Å². The lowest BCUT2D eigenvalue weighted by Gasteiger charge is -2.28. The summed E-state index contributed by atoms with van der Waals surface area (Å²) in [7, 11) is 0. The molecule has 1 aromatic carbocycles. The Balaban J connectivity index is 2.47. The number of hydrogen-bond acceptors (Lipinski definition) is 3. The summed E-state index contributed by atoms with van der Waals surface area (Å²) in [5.41, 5.74) is 1.56. The molecule has 0 aliphatic carbocycles. The van der Waals surface area contributed by atoms with Gasteiger partial charge in [-0.05, 0) is 25.5 Å². The molecular formula is C13H15NO3S. The van der Waals surface area contributed by atoms with E-state index in [0.717, 1.165) is 5.56 Å². The summed E-state index contributed by atoms with van der Waals surface area (Å²) in [6.45, 7) is 3.33. The van der Waals surface area contributed by atoms with E-state index in [-0.39, 0.29) is 5.91 Å². The van der Waals surface area contributed by atoms with Gasteiger partial charge in [-0.3, -0.25) is 9.69 Å². The van der Waals surface area contributed by atoms with Crippen molar-refractivity contribution in [1.82, 2.24) is 0 Å². The molecule has 0 unspecified atom stereocenters.